The Labute approximate surface area is 335 Å². The zero-order valence-electron chi connectivity index (χ0n) is 29.4. The van der Waals surface area contributed by atoms with Crippen LogP contribution < -0.4 is 21.3 Å². The SMILES string of the molecule is Cc1cc(Nc2nc(Nc3cccc(S(=O)(=O)CCOS(=O)O)c3)nc(Nc3cc(Nc4cc(F)c([N+](=O)[O-])cc4[N+](=O)[O-])ccc3S(=O)(=O)O)n2)ccc1S(O)(O)O. The molecule has 0 aliphatic rings. The molecule has 5 rings (SSSR count). The maximum Gasteiger partial charge on any atom is 0.311 e. The molecule has 0 amide bonds. The first-order valence-electron chi connectivity index (χ1n) is 15.8. The fraction of sp³-hybridized carbons (Fsp3) is 0.100. The van der Waals surface area contributed by atoms with E-state index in [1.807, 2.05) is 0 Å². The Hall–Kier alpha value is -6.02. The summed E-state index contributed by atoms with van der Waals surface area (Å²) in [7, 11) is -13.2. The molecular weight excluding hydrogens is 874 g/mol. The minimum absolute atomic E-state index is 0.0657. The second kappa shape index (κ2) is 17.5. The van der Waals surface area contributed by atoms with Gasteiger partial charge in [0.25, 0.3) is 15.8 Å². The van der Waals surface area contributed by atoms with E-state index in [2.05, 4.69) is 40.4 Å². The van der Waals surface area contributed by atoms with Gasteiger partial charge in [-0.05, 0) is 67.1 Å². The van der Waals surface area contributed by atoms with Gasteiger partial charge < -0.3 is 34.9 Å². The third-order valence-corrected chi connectivity index (χ3v) is 11.6. The van der Waals surface area contributed by atoms with E-state index in [0.717, 1.165) is 24.3 Å². The van der Waals surface area contributed by atoms with Crippen LogP contribution in [0.2, 0.25) is 0 Å². The van der Waals surface area contributed by atoms with Crippen LogP contribution in [0, 0.1) is 33.0 Å². The first-order chi connectivity index (χ1) is 27.5. The van der Waals surface area contributed by atoms with Gasteiger partial charge in [0.05, 0.1) is 43.8 Å². The average Bonchev–Trinajstić information content (AvgIpc) is 3.10. The predicted molar refractivity (Wildman–Crippen MR) is 209 cm³/mol. The van der Waals surface area contributed by atoms with Gasteiger partial charge in [0, 0.05) is 23.1 Å². The first-order valence-corrected chi connectivity index (χ1v) is 21.4. The molecule has 1 heterocycles. The number of nitrogens with zero attached hydrogens (tertiary/aromatic N) is 5. The van der Waals surface area contributed by atoms with Crippen LogP contribution in [0.5, 0.6) is 0 Å². The summed E-state index contributed by atoms with van der Waals surface area (Å²) in [6.07, 6.45) is 0. The Morgan fingerprint density at radius 1 is 0.729 bits per heavy atom. The van der Waals surface area contributed by atoms with Crippen LogP contribution in [0.3, 0.4) is 0 Å². The van der Waals surface area contributed by atoms with E-state index in [0.29, 0.717) is 12.1 Å². The van der Waals surface area contributed by atoms with E-state index in [4.69, 9.17) is 4.55 Å². The topological polar surface area (TPSA) is 369 Å². The molecule has 0 radical (unpaired) electrons. The monoisotopic (exact) mass is 901 g/mol. The Balaban J connectivity index is 1.57. The van der Waals surface area contributed by atoms with Crippen molar-refractivity contribution in [3.63, 3.8) is 0 Å². The first kappa shape index (κ1) is 44.1. The van der Waals surface area contributed by atoms with Crippen molar-refractivity contribution < 1.29 is 62.2 Å². The number of sulfone groups is 1. The number of hydrogen-bond donors (Lipinski definition) is 9. The molecule has 0 spiro atoms. The number of aryl methyl sites for hydroxylation is 1. The molecule has 1 atom stereocenters. The lowest BCUT2D eigenvalue weighted by atomic mass is 10.2. The van der Waals surface area contributed by atoms with Crippen molar-refractivity contribution in [1.29, 1.82) is 0 Å². The summed E-state index contributed by atoms with van der Waals surface area (Å²) in [6.45, 7) is 0.842. The lowest BCUT2D eigenvalue weighted by Gasteiger charge is -2.21. The molecule has 0 aliphatic heterocycles. The van der Waals surface area contributed by atoms with Gasteiger partial charge in [-0.15, -0.1) is 0 Å². The summed E-state index contributed by atoms with van der Waals surface area (Å²) in [5.74, 6) is -3.22. The van der Waals surface area contributed by atoms with Crippen molar-refractivity contribution in [1.82, 2.24) is 15.0 Å². The highest BCUT2D eigenvalue weighted by Crippen LogP contribution is 2.46. The van der Waals surface area contributed by atoms with Gasteiger partial charge in [-0.2, -0.15) is 32.0 Å². The summed E-state index contributed by atoms with van der Waals surface area (Å²) >= 11 is -2.70. The van der Waals surface area contributed by atoms with E-state index in [1.165, 1.54) is 43.3 Å². The predicted octanol–water partition coefficient (Wildman–Crippen LogP) is 5.87. The Morgan fingerprint density at radius 2 is 1.29 bits per heavy atom. The number of nitrogens with one attached hydrogen (secondary N) is 4. The van der Waals surface area contributed by atoms with Gasteiger partial charge in [-0.3, -0.25) is 33.5 Å². The molecule has 59 heavy (non-hydrogen) atoms. The van der Waals surface area contributed by atoms with Crippen molar-refractivity contribution >= 4 is 99.8 Å². The maximum atomic E-state index is 14.5. The number of rotatable bonds is 17. The summed E-state index contributed by atoms with van der Waals surface area (Å²) in [6, 6.07) is 12.7. The van der Waals surface area contributed by atoms with Crippen molar-refractivity contribution in [2.45, 2.75) is 21.6 Å². The Bertz CT molecular complexity index is 2720. The molecule has 0 bridgehead atoms. The molecule has 0 saturated heterocycles. The minimum atomic E-state index is -5.05. The highest BCUT2D eigenvalue weighted by Gasteiger charge is 2.26. The minimum Gasteiger partial charge on any atom is -0.350 e. The molecule has 29 heteroatoms. The number of nitro benzene ring substituents is 2. The number of halogens is 1. The quantitative estimate of drug-likeness (QED) is 0.0228. The highest BCUT2D eigenvalue weighted by atomic mass is 32.3. The molecule has 0 saturated carbocycles. The van der Waals surface area contributed by atoms with Crippen LogP contribution in [0.1, 0.15) is 5.56 Å². The summed E-state index contributed by atoms with van der Waals surface area (Å²) < 4.78 is 128. The smallest absolute Gasteiger partial charge is 0.311 e. The lowest BCUT2D eigenvalue weighted by Crippen LogP contribution is -2.13. The number of benzene rings is 4. The number of nitro groups is 2. The van der Waals surface area contributed by atoms with Gasteiger partial charge in [0.1, 0.15) is 21.5 Å². The molecular formula is C30H28FN9O15S4. The Kier molecular flexibility index (Phi) is 13.0. The standard InChI is InChI=1S/C30H28FN9O15S4/c1-16-11-18(5-7-26(16)58(49,50)51)34-29-36-28(33-17-3-2-4-20(12-17)57(47,48)10-9-55-56(45)46)37-30(38-29)35-23-13-19(6-8-27(23)59(52,53)54)32-22-14-21(31)24(39(41)42)15-25(22)40(43)44/h2-8,11-15,32,49-51H,9-10H2,1H3,(H,45,46)(H,52,53,54)(H3,33,34,35,36,37,38). The highest BCUT2D eigenvalue weighted by molar-refractivity contribution is 8.19. The number of hydrogen-bond acceptors (Lipinski definition) is 20. The van der Waals surface area contributed by atoms with E-state index in [-0.39, 0.29) is 44.3 Å². The Morgan fingerprint density at radius 3 is 1.83 bits per heavy atom. The summed E-state index contributed by atoms with van der Waals surface area (Å²) in [5.41, 5.74) is -2.87. The van der Waals surface area contributed by atoms with E-state index in [9.17, 15) is 63.9 Å². The molecule has 1 unspecified atom stereocenters. The molecule has 24 nitrogen and oxygen atoms in total. The molecule has 314 valence electrons. The molecule has 0 fully saturated rings. The van der Waals surface area contributed by atoms with Crippen LogP contribution in [0.4, 0.5) is 62.0 Å². The maximum absolute atomic E-state index is 14.5. The van der Waals surface area contributed by atoms with Gasteiger partial charge in [-0.25, -0.2) is 8.42 Å². The summed E-state index contributed by atoms with van der Waals surface area (Å²) in [4.78, 5) is 32.1. The van der Waals surface area contributed by atoms with Crippen LogP contribution in [0.15, 0.2) is 87.5 Å². The second-order valence-corrected chi connectivity index (χ2v) is 17.4. The summed E-state index contributed by atoms with van der Waals surface area (Å²) in [5, 5.41) is 33.5. The van der Waals surface area contributed by atoms with Crippen molar-refractivity contribution in [3.05, 3.63) is 104 Å². The largest absolute Gasteiger partial charge is 0.350 e. The molecule has 1 aromatic heterocycles. The van der Waals surface area contributed by atoms with Gasteiger partial charge in [0.2, 0.25) is 23.7 Å². The third-order valence-electron chi connectivity index (χ3n) is 7.59. The number of anilines is 8. The molecule has 4 aromatic carbocycles. The zero-order valence-corrected chi connectivity index (χ0v) is 32.7. The molecule has 9 N–H and O–H groups in total. The third kappa shape index (κ3) is 11.3. The normalized spacial score (nSPS) is 12.7. The van der Waals surface area contributed by atoms with Crippen LogP contribution in [-0.2, 0) is 35.5 Å². The van der Waals surface area contributed by atoms with Gasteiger partial charge in [0.15, 0.2) is 9.84 Å². The van der Waals surface area contributed by atoms with E-state index < -0.39 is 104 Å². The number of aromatic nitrogens is 3. The van der Waals surface area contributed by atoms with E-state index in [1.54, 1.807) is 0 Å². The van der Waals surface area contributed by atoms with Crippen molar-refractivity contribution in [3.8, 4) is 0 Å². The van der Waals surface area contributed by atoms with Crippen molar-refractivity contribution in [2.75, 3.05) is 33.6 Å². The van der Waals surface area contributed by atoms with E-state index >= 15 is 0 Å². The molecule has 0 aliphatic carbocycles. The lowest BCUT2D eigenvalue weighted by molar-refractivity contribution is -0.395. The zero-order chi connectivity index (χ0) is 43.4. The van der Waals surface area contributed by atoms with Crippen LogP contribution in [-0.4, -0.2) is 81.0 Å². The van der Waals surface area contributed by atoms with Crippen molar-refractivity contribution in [2.24, 2.45) is 0 Å². The van der Waals surface area contributed by atoms with Crippen LogP contribution in [0.25, 0.3) is 0 Å². The molecule has 5 aromatic rings. The fourth-order valence-corrected chi connectivity index (χ4v) is 7.92. The van der Waals surface area contributed by atoms with Gasteiger partial charge in [-0.1, -0.05) is 6.07 Å². The average molecular weight is 902 g/mol. The fourth-order valence-electron chi connectivity index (χ4n) is 5.08. The second-order valence-electron chi connectivity index (χ2n) is 11.7. The van der Waals surface area contributed by atoms with Gasteiger partial charge >= 0.3 is 17.0 Å². The van der Waals surface area contributed by atoms with Crippen LogP contribution >= 0.6 is 10.9 Å².